The van der Waals surface area contributed by atoms with Crippen LogP contribution in [0, 0.1) is 7.53 Å². The third kappa shape index (κ3) is 13.7. The lowest BCUT2D eigenvalue weighted by molar-refractivity contribution is -0.636. The third-order valence-electron chi connectivity index (χ3n) is 10.5. The topological polar surface area (TPSA) is 78.9 Å². The molecule has 0 N–H and O–H groups in total. The summed E-state index contributed by atoms with van der Waals surface area (Å²) in [7, 11) is 2.57. The summed E-state index contributed by atoms with van der Waals surface area (Å²) < 4.78 is 362. The van der Waals surface area contributed by atoms with Crippen LogP contribution in [0.25, 0.3) is 0 Å². The van der Waals surface area contributed by atoms with Crippen LogP contribution in [0.3, 0.4) is 0 Å². The molecule has 76 heavy (non-hydrogen) atoms. The first kappa shape index (κ1) is 60.4. The number of furan rings is 2. The summed E-state index contributed by atoms with van der Waals surface area (Å²) >= 11 is -0.740. The molecule has 0 amide bonds. The Balaban J connectivity index is 0.000000468. The number of rotatable bonds is 8. The maximum atomic E-state index is 14.2. The Labute approximate surface area is 417 Å². The van der Waals surface area contributed by atoms with Gasteiger partial charge in [-0.3, -0.25) is 0 Å². The average Bonchev–Trinajstić information content (AvgIpc) is 3.97. The lowest BCUT2D eigenvalue weighted by Crippen LogP contribution is -3.61. The molecule has 0 spiro atoms. The molecule has 0 bridgehead atoms. The van der Waals surface area contributed by atoms with Crippen molar-refractivity contribution in [3.63, 3.8) is 0 Å². The second-order valence-corrected chi connectivity index (χ2v) is 18.2. The molecule has 32 heteroatoms. The molecule has 0 aliphatic rings. The minimum absolute atomic E-state index is 0.150. The first-order valence-electron chi connectivity index (χ1n) is 19.8. The van der Waals surface area contributed by atoms with Crippen LogP contribution in [0.15, 0.2) is 106 Å². The zero-order chi connectivity index (χ0) is 57.7. The molecule has 0 radical (unpaired) electrons. The second kappa shape index (κ2) is 20.8. The van der Waals surface area contributed by atoms with Crippen molar-refractivity contribution in [2.24, 2.45) is 0 Å². The van der Waals surface area contributed by atoms with Gasteiger partial charge < -0.3 is 18.3 Å². The Morgan fingerprint density at radius 2 is 0.526 bits per heavy atom. The SMILES string of the molecule is COC(=O)c1ccc([I+]c2ccc(C(=O)OC)o2)o1.FC(F)(F)c1cc([B-](c2cc(C(F)(F)F)cc(C(F)(F)F)c2)(c2cc(C(F)(F)F)cc(C(F)(F)F)c2)c2cc(C(F)(F)F)cc(C(F)(F)F)c2)cc(C(F)(F)F)c1. The monoisotopic (exact) mass is 1240 g/mol. The largest absolute Gasteiger partial charge is 0.463 e. The fourth-order valence-electron chi connectivity index (χ4n) is 7.31. The molecule has 2 aromatic heterocycles. The molecule has 2 heterocycles. The van der Waals surface area contributed by atoms with Crippen LogP contribution >= 0.6 is 0 Å². The van der Waals surface area contributed by atoms with Crippen molar-refractivity contribution in [3.8, 4) is 0 Å². The van der Waals surface area contributed by atoms with E-state index < -0.39 is 228 Å². The fourth-order valence-corrected chi connectivity index (χ4v) is 9.25. The highest BCUT2D eigenvalue weighted by atomic mass is 127. The van der Waals surface area contributed by atoms with Crippen LogP contribution < -0.4 is 43.1 Å². The highest BCUT2D eigenvalue weighted by Crippen LogP contribution is 2.41. The number of benzene rings is 4. The van der Waals surface area contributed by atoms with Crippen molar-refractivity contribution >= 4 is 39.9 Å². The van der Waals surface area contributed by atoms with Crippen LogP contribution in [0.4, 0.5) is 105 Å². The smallest absolute Gasteiger partial charge is 0.443 e. The van der Waals surface area contributed by atoms with Gasteiger partial charge in [0.25, 0.3) is 0 Å². The Morgan fingerprint density at radius 1 is 0.342 bits per heavy atom. The molecule has 0 fully saturated rings. The molecule has 6 aromatic rings. The predicted molar refractivity (Wildman–Crippen MR) is 208 cm³/mol. The van der Waals surface area contributed by atoms with Gasteiger partial charge in [0.2, 0.25) is 11.5 Å². The normalized spacial score (nSPS) is 13.3. The van der Waals surface area contributed by atoms with Gasteiger partial charge in [0, 0.05) is 12.1 Å². The van der Waals surface area contributed by atoms with E-state index in [1.807, 2.05) is 0 Å². The Morgan fingerprint density at radius 3 is 0.684 bits per heavy atom. The van der Waals surface area contributed by atoms with Crippen molar-refractivity contribution < 1.29 is 154 Å². The zero-order valence-electron chi connectivity index (χ0n) is 36.7. The lowest BCUT2D eigenvalue weighted by Gasteiger charge is -2.46. The molecule has 0 saturated heterocycles. The number of hydrogen-bond acceptors (Lipinski definition) is 6. The van der Waals surface area contributed by atoms with E-state index in [9.17, 15) is 115 Å². The van der Waals surface area contributed by atoms with Gasteiger partial charge in [0.05, 0.1) is 58.7 Å². The van der Waals surface area contributed by atoms with Crippen LogP contribution in [0.5, 0.6) is 0 Å². The number of alkyl halides is 24. The molecule has 0 atom stereocenters. The summed E-state index contributed by atoms with van der Waals surface area (Å²) in [6, 6.07) is -2.33. The minimum atomic E-state index is -6.13. The van der Waals surface area contributed by atoms with Crippen molar-refractivity contribution in [2.75, 3.05) is 14.2 Å². The van der Waals surface area contributed by atoms with E-state index >= 15 is 0 Å². The number of halogens is 25. The fraction of sp³-hybridized carbons (Fsp3) is 0.227. The van der Waals surface area contributed by atoms with Gasteiger partial charge in [-0.15, -0.1) is 0 Å². The quantitative estimate of drug-likeness (QED) is 0.0654. The van der Waals surface area contributed by atoms with E-state index in [-0.39, 0.29) is 11.5 Å². The van der Waals surface area contributed by atoms with Crippen molar-refractivity contribution in [2.45, 2.75) is 49.4 Å². The standard InChI is InChI=1S/C32H12BF24.C12H10IO6/c34-25(35,36)13-1-14(26(37,38)39)6-21(5-13)33(22-7-15(27(40,41)42)2-16(8-22)28(43,44)45,23-9-17(29(46,47)48)3-18(10-23)30(49,50)51)24-11-19(31(52,53)54)4-20(12-24)32(55,56)57;1-16-11(14)7-3-5-9(18-7)13-10-6-4-8(19-10)12(15)17-2/h1-12H;3-6H,1-2H3/q-1;+1. The third-order valence-corrected chi connectivity index (χ3v) is 12.8. The number of esters is 2. The van der Waals surface area contributed by atoms with Gasteiger partial charge in [-0.1, -0.05) is 48.5 Å². The van der Waals surface area contributed by atoms with Crippen molar-refractivity contribution in [3.05, 3.63) is 161 Å². The predicted octanol–water partition coefficient (Wildman–Crippen LogP) is 9.79. The van der Waals surface area contributed by atoms with Gasteiger partial charge in [-0.2, -0.15) is 127 Å². The Bertz CT molecular complexity index is 2610. The Kier molecular flexibility index (Phi) is 16.5. The number of methoxy groups -OCH3 is 2. The van der Waals surface area contributed by atoms with Gasteiger partial charge in [0.15, 0.2) is 0 Å². The maximum Gasteiger partial charge on any atom is 0.443 e. The highest BCUT2D eigenvalue weighted by Gasteiger charge is 2.47. The molecule has 6 nitrogen and oxygen atoms in total. The van der Waals surface area contributed by atoms with Crippen molar-refractivity contribution in [1.29, 1.82) is 0 Å². The molecule has 6 rings (SSSR count). The molecule has 412 valence electrons. The molecule has 0 saturated carbocycles. The number of hydrogen-bond donors (Lipinski definition) is 0. The summed E-state index contributed by atoms with van der Waals surface area (Å²) in [6.07, 6.45) is -54.8. The van der Waals surface area contributed by atoms with E-state index in [0.717, 1.165) is 0 Å². The van der Waals surface area contributed by atoms with Gasteiger partial charge in [-0.25, -0.2) is 9.59 Å². The molecule has 4 aromatic carbocycles. The summed E-state index contributed by atoms with van der Waals surface area (Å²) in [5.41, 5.74) is -30.2. The average molecular weight is 1240 g/mol. The van der Waals surface area contributed by atoms with Gasteiger partial charge in [0.1, 0.15) is 6.15 Å². The van der Waals surface area contributed by atoms with Gasteiger partial charge in [-0.05, 0) is 36.4 Å². The number of carbonyl (C=O) groups excluding carboxylic acids is 2. The van der Waals surface area contributed by atoms with E-state index in [2.05, 4.69) is 9.47 Å². The zero-order valence-corrected chi connectivity index (χ0v) is 38.9. The summed E-state index contributed by atoms with van der Waals surface area (Å²) in [5, 5.41) is 0. The van der Waals surface area contributed by atoms with Gasteiger partial charge >= 0.3 is 90.1 Å². The van der Waals surface area contributed by atoms with E-state index in [1.165, 1.54) is 14.2 Å². The molecule has 0 aliphatic carbocycles. The van der Waals surface area contributed by atoms with Crippen molar-refractivity contribution in [1.82, 2.24) is 0 Å². The summed E-state index contributed by atoms with van der Waals surface area (Å²) in [6.45, 7) is 0. The van der Waals surface area contributed by atoms with Crippen LogP contribution in [-0.4, -0.2) is 32.3 Å². The molecular formula is C44H22BF24IO6. The Hall–Kier alpha value is -6.51. The first-order chi connectivity index (χ1) is 34.4. The second-order valence-electron chi connectivity index (χ2n) is 15.5. The van der Waals surface area contributed by atoms with Crippen LogP contribution in [-0.2, 0) is 58.9 Å². The van der Waals surface area contributed by atoms with E-state index in [0.29, 0.717) is 7.53 Å². The number of carbonyl (C=O) groups is 2. The van der Waals surface area contributed by atoms with Crippen LogP contribution in [0.2, 0.25) is 0 Å². The lowest BCUT2D eigenvalue weighted by atomic mass is 9.12. The number of ether oxygens (including phenoxy) is 2. The minimum Gasteiger partial charge on any atom is -0.463 e. The van der Waals surface area contributed by atoms with Crippen LogP contribution in [0.1, 0.15) is 65.6 Å². The summed E-state index contributed by atoms with van der Waals surface area (Å²) in [5.74, 6) is -0.746. The van der Waals surface area contributed by atoms with E-state index in [1.54, 1.807) is 24.3 Å². The molecule has 0 aliphatic heterocycles. The highest BCUT2D eigenvalue weighted by molar-refractivity contribution is 7.20. The molecular weight excluding hydrogens is 1220 g/mol. The molecule has 0 unspecified atom stereocenters. The summed E-state index contributed by atoms with van der Waals surface area (Å²) in [4.78, 5) is 22.4. The van der Waals surface area contributed by atoms with E-state index in [4.69, 9.17) is 8.83 Å². The maximum absolute atomic E-state index is 14.2. The first-order valence-corrected chi connectivity index (χ1v) is 21.9.